The van der Waals surface area contributed by atoms with Crippen LogP contribution in [0.4, 0.5) is 4.39 Å². The Morgan fingerprint density at radius 1 is 1.13 bits per heavy atom. The molecule has 1 N–H and O–H groups in total. The van der Waals surface area contributed by atoms with Gasteiger partial charge in [0.15, 0.2) is 5.43 Å². The van der Waals surface area contributed by atoms with Crippen molar-refractivity contribution in [3.8, 4) is 0 Å². The summed E-state index contributed by atoms with van der Waals surface area (Å²) in [7, 11) is 0. The number of hydrogen-bond donors (Lipinski definition) is 1. The smallest absolute Gasteiger partial charge is 0.355 e. The molecule has 0 aliphatic rings. The van der Waals surface area contributed by atoms with Gasteiger partial charge in [-0.05, 0) is 36.8 Å². The molecule has 0 fully saturated rings. The third-order valence-electron chi connectivity index (χ3n) is 3.58. The minimum Gasteiger partial charge on any atom is -0.453 e. The van der Waals surface area contributed by atoms with Crippen LogP contribution in [0.1, 0.15) is 29.1 Å². The lowest BCUT2D eigenvalue weighted by molar-refractivity contribution is 0.0331. The molecule has 23 heavy (non-hydrogen) atoms. The Morgan fingerprint density at radius 2 is 1.83 bits per heavy atom. The number of rotatable bonds is 3. The van der Waals surface area contributed by atoms with Crippen LogP contribution < -0.4 is 5.43 Å². The Bertz CT molecular complexity index is 915. The van der Waals surface area contributed by atoms with E-state index in [0.717, 1.165) is 0 Å². The van der Waals surface area contributed by atoms with E-state index in [0.29, 0.717) is 16.5 Å². The normalized spacial score (nSPS) is 12.1. The van der Waals surface area contributed by atoms with Crippen LogP contribution in [0.2, 0.25) is 0 Å². The SMILES string of the molecule is C[C@H](OC(=O)c1cc(=O)c2ccccc2[nH]1)c1ccc(F)cc1. The van der Waals surface area contributed by atoms with Gasteiger partial charge in [0.05, 0.1) is 0 Å². The summed E-state index contributed by atoms with van der Waals surface area (Å²) in [4.78, 5) is 27.2. The van der Waals surface area contributed by atoms with Gasteiger partial charge in [0.2, 0.25) is 0 Å². The number of para-hydroxylation sites is 1. The van der Waals surface area contributed by atoms with Crippen LogP contribution in [0.5, 0.6) is 0 Å². The van der Waals surface area contributed by atoms with Crippen molar-refractivity contribution in [1.82, 2.24) is 4.98 Å². The van der Waals surface area contributed by atoms with Gasteiger partial charge in [0.1, 0.15) is 17.6 Å². The van der Waals surface area contributed by atoms with Crippen molar-refractivity contribution in [2.24, 2.45) is 0 Å². The summed E-state index contributed by atoms with van der Waals surface area (Å²) in [6.45, 7) is 1.68. The van der Waals surface area contributed by atoms with Gasteiger partial charge in [-0.2, -0.15) is 0 Å². The van der Waals surface area contributed by atoms with E-state index in [9.17, 15) is 14.0 Å². The molecule has 3 rings (SSSR count). The maximum atomic E-state index is 12.9. The predicted octanol–water partition coefficient (Wildman–Crippen LogP) is 3.59. The maximum absolute atomic E-state index is 12.9. The summed E-state index contributed by atoms with van der Waals surface area (Å²) >= 11 is 0. The summed E-state index contributed by atoms with van der Waals surface area (Å²) in [5.74, 6) is -0.990. The summed E-state index contributed by atoms with van der Waals surface area (Å²) in [5, 5.41) is 0.510. The van der Waals surface area contributed by atoms with Crippen LogP contribution in [0.3, 0.4) is 0 Å². The van der Waals surface area contributed by atoms with Crippen molar-refractivity contribution in [3.63, 3.8) is 0 Å². The Hall–Kier alpha value is -2.95. The second-order valence-corrected chi connectivity index (χ2v) is 5.19. The molecule has 5 heteroatoms. The lowest BCUT2D eigenvalue weighted by Crippen LogP contribution is -2.14. The molecular formula is C18H14FNO3. The number of H-pyrrole nitrogens is 1. The molecule has 0 unspecified atom stereocenters. The molecule has 1 heterocycles. The molecule has 1 aromatic heterocycles. The van der Waals surface area contributed by atoms with Crippen LogP contribution in [-0.4, -0.2) is 11.0 Å². The number of hydrogen-bond acceptors (Lipinski definition) is 3. The molecule has 0 aliphatic heterocycles. The van der Waals surface area contributed by atoms with E-state index in [2.05, 4.69) is 4.98 Å². The Kier molecular flexibility index (Phi) is 3.93. The molecule has 0 saturated heterocycles. The second kappa shape index (κ2) is 6.04. The predicted molar refractivity (Wildman–Crippen MR) is 84.8 cm³/mol. The third kappa shape index (κ3) is 3.13. The molecular weight excluding hydrogens is 297 g/mol. The number of ether oxygens (including phenoxy) is 1. The summed E-state index contributed by atoms with van der Waals surface area (Å²) in [6, 6.07) is 13.9. The molecule has 0 radical (unpaired) electrons. The molecule has 0 aliphatic carbocycles. The van der Waals surface area contributed by atoms with Crippen molar-refractivity contribution in [1.29, 1.82) is 0 Å². The molecule has 0 bridgehead atoms. The molecule has 0 spiro atoms. The number of nitrogens with one attached hydrogen (secondary N) is 1. The fourth-order valence-electron chi connectivity index (χ4n) is 2.33. The number of carbonyl (C=O) groups excluding carboxylic acids is 1. The van der Waals surface area contributed by atoms with E-state index in [1.54, 1.807) is 43.3 Å². The van der Waals surface area contributed by atoms with Gasteiger partial charge in [0.25, 0.3) is 0 Å². The number of benzene rings is 2. The Labute approximate surface area is 131 Å². The van der Waals surface area contributed by atoms with Gasteiger partial charge in [-0.25, -0.2) is 9.18 Å². The topological polar surface area (TPSA) is 59.2 Å². The van der Waals surface area contributed by atoms with E-state index in [1.807, 2.05) is 0 Å². The molecule has 0 amide bonds. The van der Waals surface area contributed by atoms with Crippen LogP contribution in [0, 0.1) is 5.82 Å². The number of esters is 1. The van der Waals surface area contributed by atoms with Gasteiger partial charge in [-0.15, -0.1) is 0 Å². The average Bonchev–Trinajstić information content (AvgIpc) is 2.55. The summed E-state index contributed by atoms with van der Waals surface area (Å²) in [5.41, 5.74) is 1.08. The van der Waals surface area contributed by atoms with Crippen LogP contribution >= 0.6 is 0 Å². The molecule has 2 aromatic carbocycles. The van der Waals surface area contributed by atoms with E-state index < -0.39 is 12.1 Å². The quantitative estimate of drug-likeness (QED) is 0.752. The van der Waals surface area contributed by atoms with Gasteiger partial charge in [-0.1, -0.05) is 24.3 Å². The average molecular weight is 311 g/mol. The zero-order valence-electron chi connectivity index (χ0n) is 12.4. The highest BCUT2D eigenvalue weighted by Crippen LogP contribution is 2.19. The second-order valence-electron chi connectivity index (χ2n) is 5.19. The van der Waals surface area contributed by atoms with Crippen LogP contribution in [-0.2, 0) is 4.74 Å². The van der Waals surface area contributed by atoms with Gasteiger partial charge in [0, 0.05) is 17.0 Å². The number of pyridine rings is 1. The monoisotopic (exact) mass is 311 g/mol. The first-order valence-corrected chi connectivity index (χ1v) is 7.13. The number of halogens is 1. The summed E-state index contributed by atoms with van der Waals surface area (Å²) < 4.78 is 18.3. The highest BCUT2D eigenvalue weighted by Gasteiger charge is 2.15. The molecule has 116 valence electrons. The van der Waals surface area contributed by atoms with Gasteiger partial charge >= 0.3 is 5.97 Å². The molecule has 3 aromatic rings. The van der Waals surface area contributed by atoms with Crippen molar-refractivity contribution in [3.05, 3.63) is 81.9 Å². The van der Waals surface area contributed by atoms with Crippen molar-refractivity contribution in [2.75, 3.05) is 0 Å². The number of fused-ring (bicyclic) bond motifs is 1. The summed E-state index contributed by atoms with van der Waals surface area (Å²) in [6.07, 6.45) is -0.557. The standard InChI is InChI=1S/C18H14FNO3/c1-11(12-6-8-13(19)9-7-12)23-18(22)16-10-17(21)14-4-2-3-5-15(14)20-16/h2-11H,1H3,(H,20,21)/t11-/m0/s1. The fraction of sp³-hybridized carbons (Fsp3) is 0.111. The number of aromatic amines is 1. The fourth-order valence-corrected chi connectivity index (χ4v) is 2.33. The van der Waals surface area contributed by atoms with E-state index in [-0.39, 0.29) is 16.9 Å². The minimum atomic E-state index is -0.635. The van der Waals surface area contributed by atoms with Crippen LogP contribution in [0.25, 0.3) is 10.9 Å². The Morgan fingerprint density at radius 3 is 2.57 bits per heavy atom. The molecule has 1 atom stereocenters. The zero-order valence-corrected chi connectivity index (χ0v) is 12.4. The van der Waals surface area contributed by atoms with Crippen LogP contribution in [0.15, 0.2) is 59.4 Å². The number of carbonyl (C=O) groups is 1. The highest BCUT2D eigenvalue weighted by atomic mass is 19.1. The lowest BCUT2D eigenvalue weighted by Gasteiger charge is -2.13. The van der Waals surface area contributed by atoms with Crippen molar-refractivity contribution in [2.45, 2.75) is 13.0 Å². The zero-order chi connectivity index (χ0) is 16.4. The first-order valence-electron chi connectivity index (χ1n) is 7.13. The first-order chi connectivity index (χ1) is 11.0. The lowest BCUT2D eigenvalue weighted by atomic mass is 10.1. The molecule has 4 nitrogen and oxygen atoms in total. The third-order valence-corrected chi connectivity index (χ3v) is 3.58. The number of aromatic nitrogens is 1. The maximum Gasteiger partial charge on any atom is 0.355 e. The van der Waals surface area contributed by atoms with Crippen molar-refractivity contribution >= 4 is 16.9 Å². The largest absolute Gasteiger partial charge is 0.453 e. The Balaban J connectivity index is 1.85. The minimum absolute atomic E-state index is 0.0858. The van der Waals surface area contributed by atoms with E-state index in [4.69, 9.17) is 4.74 Å². The van der Waals surface area contributed by atoms with Gasteiger partial charge in [-0.3, -0.25) is 4.79 Å². The van der Waals surface area contributed by atoms with E-state index in [1.165, 1.54) is 18.2 Å². The van der Waals surface area contributed by atoms with E-state index >= 15 is 0 Å². The first kappa shape index (κ1) is 15.0. The van der Waals surface area contributed by atoms with Crippen molar-refractivity contribution < 1.29 is 13.9 Å². The highest BCUT2D eigenvalue weighted by molar-refractivity contribution is 5.91. The molecule has 0 saturated carbocycles. The van der Waals surface area contributed by atoms with Gasteiger partial charge < -0.3 is 9.72 Å².